The highest BCUT2D eigenvalue weighted by Gasteiger charge is 2.24. The number of H-pyrrole nitrogens is 1. The second-order valence-electron chi connectivity index (χ2n) is 6.97. The van der Waals surface area contributed by atoms with Gasteiger partial charge in [0.2, 0.25) is 6.54 Å². The van der Waals surface area contributed by atoms with Crippen LogP contribution in [-0.4, -0.2) is 31.9 Å². The summed E-state index contributed by atoms with van der Waals surface area (Å²) in [5.41, 5.74) is 4.96. The summed E-state index contributed by atoms with van der Waals surface area (Å²) in [6.07, 6.45) is 6.05. The van der Waals surface area contributed by atoms with Crippen molar-refractivity contribution in [1.82, 2.24) is 25.3 Å². The molecule has 4 rings (SSSR count). The van der Waals surface area contributed by atoms with Crippen molar-refractivity contribution in [2.75, 3.05) is 0 Å². The Morgan fingerprint density at radius 2 is 2.23 bits per heavy atom. The van der Waals surface area contributed by atoms with Crippen LogP contribution in [0, 0.1) is 13.8 Å². The van der Waals surface area contributed by atoms with Gasteiger partial charge in [-0.25, -0.2) is 0 Å². The number of carbonyl (C=O) groups is 1. The van der Waals surface area contributed by atoms with Gasteiger partial charge in [-0.05, 0) is 44.9 Å². The summed E-state index contributed by atoms with van der Waals surface area (Å²) in [5, 5.41) is 15.0. The molecule has 1 amide bonds. The fourth-order valence-electron chi connectivity index (χ4n) is 3.03. The topological polar surface area (TPSA) is 79.5 Å². The van der Waals surface area contributed by atoms with Gasteiger partial charge >= 0.3 is 0 Å². The smallest absolute Gasteiger partial charge is 0.286 e. The van der Waals surface area contributed by atoms with Crippen molar-refractivity contribution in [3.8, 4) is 11.3 Å². The number of nitrogens with one attached hydrogen (secondary N) is 2. The summed E-state index contributed by atoms with van der Waals surface area (Å²) in [6.45, 7) is 5.02. The number of pyridine rings is 1. The summed E-state index contributed by atoms with van der Waals surface area (Å²) in [6, 6.07) is 8.41. The molecule has 3 aromatic rings. The van der Waals surface area contributed by atoms with Crippen LogP contribution in [0.4, 0.5) is 0 Å². The maximum atomic E-state index is 12.0. The third-order valence-electron chi connectivity index (χ3n) is 4.48. The molecule has 7 heteroatoms. The molecule has 1 aliphatic carbocycles. The fourth-order valence-corrected chi connectivity index (χ4v) is 3.03. The van der Waals surface area contributed by atoms with Gasteiger partial charge in [-0.2, -0.15) is 14.8 Å². The predicted molar refractivity (Wildman–Crippen MR) is 96.2 cm³/mol. The second kappa shape index (κ2) is 6.74. The Morgan fingerprint density at radius 3 is 2.96 bits per heavy atom. The quantitative estimate of drug-likeness (QED) is 0.661. The van der Waals surface area contributed by atoms with Crippen molar-refractivity contribution >= 4 is 5.91 Å². The first-order valence-electron chi connectivity index (χ1n) is 8.91. The summed E-state index contributed by atoms with van der Waals surface area (Å²) in [7, 11) is 0. The monoisotopic (exact) mass is 351 g/mol. The van der Waals surface area contributed by atoms with Crippen LogP contribution in [0.25, 0.3) is 11.3 Å². The molecule has 2 N–H and O–H groups in total. The average Bonchev–Trinajstić information content (AvgIpc) is 3.18. The van der Waals surface area contributed by atoms with Gasteiger partial charge in [0.15, 0.2) is 12.4 Å². The van der Waals surface area contributed by atoms with Gasteiger partial charge in [0.05, 0.1) is 29.2 Å². The number of amides is 1. The Bertz CT molecular complexity index is 937. The van der Waals surface area contributed by atoms with Crippen LogP contribution >= 0.6 is 0 Å². The minimum atomic E-state index is 0.0573. The van der Waals surface area contributed by atoms with Crippen LogP contribution in [-0.2, 0) is 17.9 Å². The zero-order valence-electron chi connectivity index (χ0n) is 15.1. The molecule has 7 nitrogen and oxygen atoms in total. The van der Waals surface area contributed by atoms with E-state index in [0.29, 0.717) is 19.1 Å². The first-order valence-corrected chi connectivity index (χ1v) is 8.91. The van der Waals surface area contributed by atoms with Crippen LogP contribution in [0.1, 0.15) is 29.9 Å². The molecule has 3 heterocycles. The molecule has 0 radical (unpaired) electrons. The number of aromatic nitrogens is 5. The van der Waals surface area contributed by atoms with E-state index in [-0.39, 0.29) is 5.91 Å². The summed E-state index contributed by atoms with van der Waals surface area (Å²) in [4.78, 5) is 12.0. The maximum Gasteiger partial charge on any atom is 0.286 e. The number of hydrogen-bond donors (Lipinski definition) is 2. The Labute approximate surface area is 152 Å². The zero-order chi connectivity index (χ0) is 18.1. The number of nitrogens with zero attached hydrogens (tertiary/aromatic N) is 4. The van der Waals surface area contributed by atoms with E-state index < -0.39 is 0 Å². The molecule has 0 unspecified atom stereocenters. The standard InChI is InChI=1S/C19H22N6O/c1-13-8-14(2)25(23-13)11-17-9-18(22-21-17)15-4-3-7-24(10-15)12-19(26)20-16-5-6-16/h3-4,7-10,16H,5-6,11-12H2,1-2H3,(H-,20,21,22,26)/p+1. The number of rotatable bonds is 6. The highest BCUT2D eigenvalue weighted by atomic mass is 16.2. The molecule has 0 aliphatic heterocycles. The zero-order valence-corrected chi connectivity index (χ0v) is 15.1. The average molecular weight is 351 g/mol. The van der Waals surface area contributed by atoms with Crippen molar-refractivity contribution in [3.63, 3.8) is 0 Å². The van der Waals surface area contributed by atoms with Crippen LogP contribution in [0.3, 0.4) is 0 Å². The van der Waals surface area contributed by atoms with Crippen molar-refractivity contribution < 1.29 is 9.36 Å². The molecule has 1 aliphatic rings. The van der Waals surface area contributed by atoms with Gasteiger partial charge in [0.25, 0.3) is 5.91 Å². The van der Waals surface area contributed by atoms with Gasteiger partial charge < -0.3 is 5.32 Å². The molecule has 1 saturated carbocycles. The predicted octanol–water partition coefficient (Wildman–Crippen LogP) is 1.50. The largest absolute Gasteiger partial charge is 0.348 e. The maximum absolute atomic E-state index is 12.0. The first kappa shape index (κ1) is 16.5. The molecule has 0 saturated heterocycles. The van der Waals surface area contributed by atoms with Gasteiger partial charge in [0.1, 0.15) is 0 Å². The van der Waals surface area contributed by atoms with E-state index in [4.69, 9.17) is 0 Å². The van der Waals surface area contributed by atoms with Gasteiger partial charge in [-0.15, -0.1) is 0 Å². The number of hydrogen-bond acceptors (Lipinski definition) is 3. The van der Waals surface area contributed by atoms with Crippen molar-refractivity contribution in [3.05, 3.63) is 53.7 Å². The Morgan fingerprint density at radius 1 is 1.38 bits per heavy atom. The lowest BCUT2D eigenvalue weighted by Gasteiger charge is -2.01. The number of aryl methyl sites for hydroxylation is 2. The Kier molecular flexibility index (Phi) is 4.28. The highest BCUT2D eigenvalue weighted by Crippen LogP contribution is 2.18. The summed E-state index contributed by atoms with van der Waals surface area (Å²) < 4.78 is 3.85. The highest BCUT2D eigenvalue weighted by molar-refractivity contribution is 5.75. The SMILES string of the molecule is Cc1cc(C)n(Cc2cc(-c3ccc[n+](CC(=O)NC4CC4)c3)n[nH]2)n1. The first-order chi connectivity index (χ1) is 12.6. The normalized spacial score (nSPS) is 13.8. The van der Waals surface area contributed by atoms with E-state index in [1.807, 2.05) is 53.7 Å². The van der Waals surface area contributed by atoms with Crippen LogP contribution < -0.4 is 9.88 Å². The van der Waals surface area contributed by atoms with Crippen molar-refractivity contribution in [1.29, 1.82) is 0 Å². The summed E-state index contributed by atoms with van der Waals surface area (Å²) >= 11 is 0. The Hall–Kier alpha value is -2.96. The minimum Gasteiger partial charge on any atom is -0.348 e. The van der Waals surface area contributed by atoms with Crippen molar-refractivity contribution in [2.45, 2.75) is 45.8 Å². The molecule has 1 fully saturated rings. The van der Waals surface area contributed by atoms with Gasteiger partial charge in [0, 0.05) is 17.8 Å². The third-order valence-corrected chi connectivity index (χ3v) is 4.48. The van der Waals surface area contributed by atoms with E-state index in [2.05, 4.69) is 26.7 Å². The van der Waals surface area contributed by atoms with Crippen molar-refractivity contribution in [2.24, 2.45) is 0 Å². The number of aromatic amines is 1. The molecule has 0 spiro atoms. The molecule has 0 bridgehead atoms. The van der Waals surface area contributed by atoms with Crippen LogP contribution in [0.15, 0.2) is 36.7 Å². The molecular weight excluding hydrogens is 328 g/mol. The molecular formula is C19H23N6O+. The molecule has 134 valence electrons. The van der Waals surface area contributed by atoms with E-state index >= 15 is 0 Å². The van der Waals surface area contributed by atoms with Crippen LogP contribution in [0.5, 0.6) is 0 Å². The molecule has 0 aromatic carbocycles. The van der Waals surface area contributed by atoms with E-state index in [9.17, 15) is 4.79 Å². The molecule has 0 atom stereocenters. The fraction of sp³-hybridized carbons (Fsp3) is 0.368. The van der Waals surface area contributed by atoms with Gasteiger partial charge in [-0.1, -0.05) is 0 Å². The molecule has 26 heavy (non-hydrogen) atoms. The lowest BCUT2D eigenvalue weighted by atomic mass is 10.2. The summed E-state index contributed by atoms with van der Waals surface area (Å²) in [5.74, 6) is 0.0573. The lowest BCUT2D eigenvalue weighted by Crippen LogP contribution is -2.43. The lowest BCUT2D eigenvalue weighted by molar-refractivity contribution is -0.684. The minimum absolute atomic E-state index is 0.0573. The Balaban J connectivity index is 1.47. The third kappa shape index (κ3) is 3.82. The second-order valence-corrected chi connectivity index (χ2v) is 6.97. The van der Waals surface area contributed by atoms with Gasteiger partial charge in [-0.3, -0.25) is 14.6 Å². The number of carbonyl (C=O) groups excluding carboxylic acids is 1. The van der Waals surface area contributed by atoms with E-state index in [0.717, 1.165) is 41.2 Å². The van der Waals surface area contributed by atoms with E-state index in [1.165, 1.54) is 0 Å². The van der Waals surface area contributed by atoms with Crippen LogP contribution in [0.2, 0.25) is 0 Å². The van der Waals surface area contributed by atoms with E-state index in [1.54, 1.807) is 0 Å². The molecule has 3 aromatic heterocycles.